The second-order valence-electron chi connectivity index (χ2n) is 5.98. The van der Waals surface area contributed by atoms with Gasteiger partial charge in [-0.25, -0.2) is 0 Å². The van der Waals surface area contributed by atoms with Gasteiger partial charge in [-0.15, -0.1) is 0 Å². The lowest BCUT2D eigenvalue weighted by molar-refractivity contribution is 0.0979. The first kappa shape index (κ1) is 14.4. The summed E-state index contributed by atoms with van der Waals surface area (Å²) < 4.78 is 0. The third-order valence-corrected chi connectivity index (χ3v) is 4.39. The fraction of sp³-hybridized carbons (Fsp3) is 0.0476. The van der Waals surface area contributed by atoms with Crippen molar-refractivity contribution in [3.8, 4) is 16.9 Å². The predicted molar refractivity (Wildman–Crippen MR) is 91.6 cm³/mol. The third kappa shape index (κ3) is 2.06. The van der Waals surface area contributed by atoms with Crippen LogP contribution in [-0.2, 0) is 0 Å². The van der Waals surface area contributed by atoms with Crippen LogP contribution < -0.4 is 0 Å². The first-order chi connectivity index (χ1) is 11.6. The number of ketones is 2. The summed E-state index contributed by atoms with van der Waals surface area (Å²) in [6.07, 6.45) is 0. The molecule has 0 radical (unpaired) electrons. The molecule has 1 aliphatic rings. The Hall–Kier alpha value is -3.20. The van der Waals surface area contributed by atoms with Crippen LogP contribution in [-0.4, -0.2) is 16.7 Å². The van der Waals surface area contributed by atoms with Gasteiger partial charge in [0.15, 0.2) is 11.6 Å². The molecule has 0 aromatic heterocycles. The molecule has 0 heterocycles. The fourth-order valence-corrected chi connectivity index (χ4v) is 3.15. The van der Waals surface area contributed by atoms with Gasteiger partial charge in [0.05, 0.1) is 0 Å². The van der Waals surface area contributed by atoms with E-state index < -0.39 is 0 Å². The Kier molecular flexibility index (Phi) is 3.10. The first-order valence-electron chi connectivity index (χ1n) is 7.69. The second-order valence-corrected chi connectivity index (χ2v) is 5.98. The minimum atomic E-state index is -0.158. The molecule has 3 aromatic rings. The molecular formula is C21H14O3. The molecule has 0 atom stereocenters. The van der Waals surface area contributed by atoms with E-state index in [0.29, 0.717) is 27.8 Å². The highest BCUT2D eigenvalue weighted by molar-refractivity contribution is 6.28. The number of fused-ring (bicyclic) bond motifs is 2. The highest BCUT2D eigenvalue weighted by atomic mass is 16.3. The topological polar surface area (TPSA) is 54.4 Å². The van der Waals surface area contributed by atoms with Crippen molar-refractivity contribution in [2.24, 2.45) is 0 Å². The molecule has 3 heteroatoms. The molecule has 3 nitrogen and oxygen atoms in total. The Morgan fingerprint density at radius 1 is 0.667 bits per heavy atom. The molecule has 0 fully saturated rings. The molecule has 116 valence electrons. The van der Waals surface area contributed by atoms with Gasteiger partial charge in [0, 0.05) is 27.8 Å². The van der Waals surface area contributed by atoms with Crippen molar-refractivity contribution in [2.45, 2.75) is 6.92 Å². The maximum atomic E-state index is 12.8. The lowest BCUT2D eigenvalue weighted by atomic mass is 9.82. The van der Waals surface area contributed by atoms with E-state index in [-0.39, 0.29) is 17.3 Å². The number of carbonyl (C=O) groups is 2. The maximum Gasteiger partial charge on any atom is 0.194 e. The van der Waals surface area contributed by atoms with Gasteiger partial charge < -0.3 is 5.11 Å². The Bertz CT molecular complexity index is 1020. The molecule has 0 saturated carbocycles. The summed E-state index contributed by atoms with van der Waals surface area (Å²) >= 11 is 0. The van der Waals surface area contributed by atoms with Gasteiger partial charge in [-0.05, 0) is 36.8 Å². The number of phenolic OH excluding ortho intramolecular Hbond substituents is 1. The average molecular weight is 314 g/mol. The molecule has 3 aromatic carbocycles. The Labute approximate surface area is 139 Å². The lowest BCUT2D eigenvalue weighted by Gasteiger charge is -2.18. The maximum absolute atomic E-state index is 12.8. The summed E-state index contributed by atoms with van der Waals surface area (Å²) in [7, 11) is 0. The summed E-state index contributed by atoms with van der Waals surface area (Å²) in [5.74, 6) is -0.148. The van der Waals surface area contributed by atoms with Gasteiger partial charge >= 0.3 is 0 Å². The van der Waals surface area contributed by atoms with Crippen molar-refractivity contribution in [1.82, 2.24) is 0 Å². The van der Waals surface area contributed by atoms with Gasteiger partial charge in [0.1, 0.15) is 5.75 Å². The number of carbonyl (C=O) groups excluding carboxylic acids is 2. The van der Waals surface area contributed by atoms with Crippen molar-refractivity contribution in [3.05, 3.63) is 88.5 Å². The molecule has 1 N–H and O–H groups in total. The molecular weight excluding hydrogens is 300 g/mol. The van der Waals surface area contributed by atoms with Crippen LogP contribution >= 0.6 is 0 Å². The van der Waals surface area contributed by atoms with E-state index >= 15 is 0 Å². The zero-order valence-electron chi connectivity index (χ0n) is 13.0. The number of hydrogen-bond donors (Lipinski definition) is 1. The number of aromatic hydroxyl groups is 1. The van der Waals surface area contributed by atoms with E-state index in [1.165, 1.54) is 0 Å². The first-order valence-corrected chi connectivity index (χ1v) is 7.69. The van der Waals surface area contributed by atoms with Crippen LogP contribution in [0.25, 0.3) is 11.1 Å². The number of hydrogen-bond acceptors (Lipinski definition) is 3. The SMILES string of the molecule is Cc1ccc(O)c(-c2ccc3c(c2)C(=O)c2ccccc2C3=O)c1. The molecule has 24 heavy (non-hydrogen) atoms. The van der Waals surface area contributed by atoms with Gasteiger partial charge in [0.2, 0.25) is 0 Å². The molecule has 0 aliphatic heterocycles. The van der Waals surface area contributed by atoms with Gasteiger partial charge in [-0.1, -0.05) is 42.0 Å². The summed E-state index contributed by atoms with van der Waals surface area (Å²) in [4.78, 5) is 25.4. The summed E-state index contributed by atoms with van der Waals surface area (Å²) in [6, 6.07) is 17.3. The molecule has 0 spiro atoms. The number of aryl methyl sites for hydroxylation is 1. The average Bonchev–Trinajstić information content (AvgIpc) is 2.61. The van der Waals surface area contributed by atoms with Crippen molar-refractivity contribution < 1.29 is 14.7 Å². The Balaban J connectivity index is 1.92. The van der Waals surface area contributed by atoms with Gasteiger partial charge in [0.25, 0.3) is 0 Å². The zero-order valence-corrected chi connectivity index (χ0v) is 13.0. The number of rotatable bonds is 1. The molecule has 0 saturated heterocycles. The fourth-order valence-electron chi connectivity index (χ4n) is 3.15. The predicted octanol–water partition coefficient (Wildman–Crippen LogP) is 4.14. The lowest BCUT2D eigenvalue weighted by Crippen LogP contribution is -2.20. The van der Waals surface area contributed by atoms with Crippen LogP contribution in [0.2, 0.25) is 0 Å². The van der Waals surface area contributed by atoms with E-state index in [9.17, 15) is 14.7 Å². The molecule has 0 amide bonds. The quantitative estimate of drug-likeness (QED) is 0.574. The van der Waals surface area contributed by atoms with Crippen LogP contribution in [0, 0.1) is 6.92 Å². The van der Waals surface area contributed by atoms with E-state index in [4.69, 9.17) is 0 Å². The molecule has 4 rings (SSSR count). The molecule has 0 bridgehead atoms. The Morgan fingerprint density at radius 3 is 2.00 bits per heavy atom. The van der Waals surface area contributed by atoms with Crippen LogP contribution in [0.3, 0.4) is 0 Å². The second kappa shape index (κ2) is 5.17. The monoisotopic (exact) mass is 314 g/mol. The van der Waals surface area contributed by atoms with Crippen LogP contribution in [0.1, 0.15) is 37.4 Å². The van der Waals surface area contributed by atoms with Crippen LogP contribution in [0.5, 0.6) is 5.75 Å². The van der Waals surface area contributed by atoms with Gasteiger partial charge in [-0.3, -0.25) is 9.59 Å². The summed E-state index contributed by atoms with van der Waals surface area (Å²) in [6.45, 7) is 1.94. The highest BCUT2D eigenvalue weighted by Crippen LogP contribution is 2.34. The normalized spacial score (nSPS) is 12.7. The largest absolute Gasteiger partial charge is 0.507 e. The molecule has 0 unspecified atom stereocenters. The van der Waals surface area contributed by atoms with Crippen molar-refractivity contribution in [3.63, 3.8) is 0 Å². The van der Waals surface area contributed by atoms with Crippen molar-refractivity contribution >= 4 is 11.6 Å². The van der Waals surface area contributed by atoms with Crippen molar-refractivity contribution in [1.29, 1.82) is 0 Å². The van der Waals surface area contributed by atoms with Crippen LogP contribution in [0.4, 0.5) is 0 Å². The van der Waals surface area contributed by atoms with Gasteiger partial charge in [-0.2, -0.15) is 0 Å². The highest BCUT2D eigenvalue weighted by Gasteiger charge is 2.29. The third-order valence-electron chi connectivity index (χ3n) is 4.39. The number of phenols is 1. The van der Waals surface area contributed by atoms with E-state index in [2.05, 4.69) is 0 Å². The molecule has 1 aliphatic carbocycles. The number of benzene rings is 3. The van der Waals surface area contributed by atoms with Crippen molar-refractivity contribution in [2.75, 3.05) is 0 Å². The Morgan fingerprint density at radius 2 is 1.29 bits per heavy atom. The van der Waals surface area contributed by atoms with Crippen LogP contribution in [0.15, 0.2) is 60.7 Å². The smallest absolute Gasteiger partial charge is 0.194 e. The minimum absolute atomic E-state index is 0.139. The van der Waals surface area contributed by atoms with E-state index in [1.54, 1.807) is 48.5 Å². The van der Waals surface area contributed by atoms with E-state index in [1.807, 2.05) is 19.1 Å². The summed E-state index contributed by atoms with van der Waals surface area (Å²) in [5, 5.41) is 10.1. The van der Waals surface area contributed by atoms with E-state index in [0.717, 1.165) is 11.1 Å². The zero-order chi connectivity index (χ0) is 16.8. The summed E-state index contributed by atoms with van der Waals surface area (Å²) in [5.41, 5.74) is 4.05. The minimum Gasteiger partial charge on any atom is -0.507 e. The standard InChI is InChI=1S/C21H14O3/c1-12-6-9-19(22)17(10-12)13-7-8-16-18(11-13)21(24)15-5-3-2-4-14(15)20(16)23/h2-11,22H,1H3.